The van der Waals surface area contributed by atoms with Gasteiger partial charge in [0.1, 0.15) is 5.82 Å². The standard InChI is InChI=1S/C25H26N6O2/c1-30-16-18(14-23(30)32)25(33)31-13-5-8-21(31)24-28-20(17-9-11-26-12-10-17)15-22(29-24)27-19-6-3-2-4-7-19/h2-4,6-7,9-12,15,18,21H,5,8,13-14,16H2,1H3,(H,27,28,29)/t18-,21+/m0/s1. The molecule has 2 atom stereocenters. The highest BCUT2D eigenvalue weighted by Gasteiger charge is 2.40. The van der Waals surface area contributed by atoms with Crippen molar-refractivity contribution in [2.24, 2.45) is 5.92 Å². The number of pyridine rings is 1. The second-order valence-electron chi connectivity index (χ2n) is 8.59. The largest absolute Gasteiger partial charge is 0.345 e. The summed E-state index contributed by atoms with van der Waals surface area (Å²) in [5.74, 6) is 1.04. The van der Waals surface area contributed by atoms with Gasteiger partial charge in [-0.3, -0.25) is 14.6 Å². The van der Waals surface area contributed by atoms with Crippen LogP contribution in [0.1, 0.15) is 31.1 Å². The van der Waals surface area contributed by atoms with E-state index >= 15 is 0 Å². The summed E-state index contributed by atoms with van der Waals surface area (Å²) in [6, 6.07) is 15.4. The van der Waals surface area contributed by atoms with Crippen LogP contribution in [-0.4, -0.2) is 56.7 Å². The highest BCUT2D eigenvalue weighted by Crippen LogP contribution is 2.35. The SMILES string of the molecule is CN1C[C@@H](C(=O)N2CCC[C@@H]2c2nc(Nc3ccccc3)cc(-c3ccncc3)n2)CC1=O. The first-order valence-electron chi connectivity index (χ1n) is 11.2. The van der Waals surface area contributed by atoms with Crippen LogP contribution in [0, 0.1) is 5.92 Å². The molecular weight excluding hydrogens is 416 g/mol. The normalized spacial score (nSPS) is 20.3. The average molecular weight is 443 g/mol. The number of hydrogen-bond donors (Lipinski definition) is 1. The van der Waals surface area contributed by atoms with E-state index in [1.165, 1.54) is 0 Å². The number of carbonyl (C=O) groups excluding carboxylic acids is 2. The van der Waals surface area contributed by atoms with Gasteiger partial charge in [-0.15, -0.1) is 0 Å². The summed E-state index contributed by atoms with van der Waals surface area (Å²) in [6.07, 6.45) is 5.43. The lowest BCUT2D eigenvalue weighted by Crippen LogP contribution is -2.37. The molecule has 0 aliphatic carbocycles. The number of para-hydroxylation sites is 1. The van der Waals surface area contributed by atoms with Crippen molar-refractivity contribution in [1.29, 1.82) is 0 Å². The summed E-state index contributed by atoms with van der Waals surface area (Å²) in [5.41, 5.74) is 2.63. The predicted octanol–water partition coefficient (Wildman–Crippen LogP) is 3.42. The zero-order valence-corrected chi connectivity index (χ0v) is 18.5. The number of anilines is 2. The number of hydrogen-bond acceptors (Lipinski definition) is 6. The third-order valence-corrected chi connectivity index (χ3v) is 6.29. The number of benzene rings is 1. The molecule has 3 aromatic rings. The van der Waals surface area contributed by atoms with E-state index in [4.69, 9.17) is 9.97 Å². The van der Waals surface area contributed by atoms with Crippen LogP contribution in [0.25, 0.3) is 11.3 Å². The molecule has 4 heterocycles. The highest BCUT2D eigenvalue weighted by atomic mass is 16.2. The van der Waals surface area contributed by atoms with Gasteiger partial charge in [0.05, 0.1) is 17.7 Å². The molecule has 33 heavy (non-hydrogen) atoms. The van der Waals surface area contributed by atoms with Gasteiger partial charge in [-0.05, 0) is 37.1 Å². The Morgan fingerprint density at radius 3 is 2.61 bits per heavy atom. The Morgan fingerprint density at radius 2 is 1.88 bits per heavy atom. The van der Waals surface area contributed by atoms with Crippen LogP contribution < -0.4 is 5.32 Å². The molecule has 0 radical (unpaired) electrons. The summed E-state index contributed by atoms with van der Waals surface area (Å²) in [4.78, 5) is 42.6. The molecule has 168 valence electrons. The Labute approximate surface area is 192 Å². The Bertz CT molecular complexity index is 1150. The lowest BCUT2D eigenvalue weighted by molar-refractivity contribution is -0.136. The van der Waals surface area contributed by atoms with E-state index in [0.29, 0.717) is 24.7 Å². The van der Waals surface area contributed by atoms with Gasteiger partial charge in [-0.1, -0.05) is 18.2 Å². The second kappa shape index (κ2) is 8.97. The molecule has 5 rings (SSSR count). The summed E-state index contributed by atoms with van der Waals surface area (Å²) in [6.45, 7) is 1.13. The van der Waals surface area contributed by atoms with E-state index in [9.17, 15) is 9.59 Å². The van der Waals surface area contributed by atoms with Crippen molar-refractivity contribution in [3.05, 3.63) is 66.7 Å². The van der Waals surface area contributed by atoms with Crippen LogP contribution in [-0.2, 0) is 9.59 Å². The van der Waals surface area contributed by atoms with Crippen LogP contribution in [0.3, 0.4) is 0 Å². The van der Waals surface area contributed by atoms with Gasteiger partial charge in [0, 0.05) is 56.3 Å². The zero-order valence-electron chi connectivity index (χ0n) is 18.5. The van der Waals surface area contributed by atoms with E-state index < -0.39 is 0 Å². The van der Waals surface area contributed by atoms with E-state index in [0.717, 1.165) is 29.8 Å². The second-order valence-corrected chi connectivity index (χ2v) is 8.59. The first kappa shape index (κ1) is 21.1. The quantitative estimate of drug-likeness (QED) is 0.651. The Hall–Kier alpha value is -3.81. The number of rotatable bonds is 5. The summed E-state index contributed by atoms with van der Waals surface area (Å²) in [7, 11) is 1.75. The lowest BCUT2D eigenvalue weighted by Gasteiger charge is -2.26. The van der Waals surface area contributed by atoms with Crippen molar-refractivity contribution in [2.75, 3.05) is 25.5 Å². The minimum Gasteiger partial charge on any atom is -0.345 e. The van der Waals surface area contributed by atoms with Crippen LogP contribution in [0.2, 0.25) is 0 Å². The van der Waals surface area contributed by atoms with E-state index in [1.807, 2.05) is 53.4 Å². The maximum atomic E-state index is 13.3. The fourth-order valence-electron chi connectivity index (χ4n) is 4.58. The molecule has 2 aliphatic heterocycles. The molecular formula is C25H26N6O2. The zero-order chi connectivity index (χ0) is 22.8. The molecule has 2 aliphatic rings. The van der Waals surface area contributed by atoms with Gasteiger partial charge in [0.15, 0.2) is 5.82 Å². The first-order valence-corrected chi connectivity index (χ1v) is 11.2. The summed E-state index contributed by atoms with van der Waals surface area (Å²) < 4.78 is 0. The van der Waals surface area contributed by atoms with Crippen molar-refractivity contribution in [3.63, 3.8) is 0 Å². The Kier molecular flexibility index (Phi) is 5.73. The molecule has 0 unspecified atom stereocenters. The average Bonchev–Trinajstić information content (AvgIpc) is 3.46. The molecule has 8 heteroatoms. The number of nitrogens with one attached hydrogen (secondary N) is 1. The lowest BCUT2D eigenvalue weighted by atomic mass is 10.1. The number of nitrogens with zero attached hydrogens (tertiary/aromatic N) is 5. The van der Waals surface area contributed by atoms with Crippen molar-refractivity contribution >= 4 is 23.3 Å². The van der Waals surface area contributed by atoms with Gasteiger partial charge in [-0.25, -0.2) is 9.97 Å². The van der Waals surface area contributed by atoms with E-state index in [-0.39, 0.29) is 30.2 Å². The van der Waals surface area contributed by atoms with Crippen molar-refractivity contribution < 1.29 is 9.59 Å². The maximum Gasteiger partial charge on any atom is 0.228 e. The fourth-order valence-corrected chi connectivity index (χ4v) is 4.58. The van der Waals surface area contributed by atoms with Crippen LogP contribution in [0.4, 0.5) is 11.5 Å². The summed E-state index contributed by atoms with van der Waals surface area (Å²) >= 11 is 0. The van der Waals surface area contributed by atoms with Gasteiger partial charge >= 0.3 is 0 Å². The molecule has 2 saturated heterocycles. The molecule has 2 fully saturated rings. The third kappa shape index (κ3) is 4.41. The molecule has 0 bridgehead atoms. The van der Waals surface area contributed by atoms with E-state index in [1.54, 1.807) is 24.3 Å². The molecule has 1 N–H and O–H groups in total. The molecule has 1 aromatic carbocycles. The Morgan fingerprint density at radius 1 is 1.09 bits per heavy atom. The van der Waals surface area contributed by atoms with Gasteiger partial charge in [-0.2, -0.15) is 0 Å². The monoisotopic (exact) mass is 442 g/mol. The number of likely N-dealkylation sites (tertiary alicyclic amines) is 2. The van der Waals surface area contributed by atoms with Crippen molar-refractivity contribution in [3.8, 4) is 11.3 Å². The molecule has 2 amide bonds. The summed E-state index contributed by atoms with van der Waals surface area (Å²) in [5, 5.41) is 3.37. The van der Waals surface area contributed by atoms with Gasteiger partial charge in [0.25, 0.3) is 0 Å². The Balaban J connectivity index is 1.48. The minimum absolute atomic E-state index is 0.0192. The number of amides is 2. The highest BCUT2D eigenvalue weighted by molar-refractivity contribution is 5.89. The first-order chi connectivity index (χ1) is 16.1. The third-order valence-electron chi connectivity index (χ3n) is 6.29. The predicted molar refractivity (Wildman–Crippen MR) is 124 cm³/mol. The topological polar surface area (TPSA) is 91.3 Å². The van der Waals surface area contributed by atoms with Crippen LogP contribution in [0.5, 0.6) is 0 Å². The smallest absolute Gasteiger partial charge is 0.228 e. The number of aromatic nitrogens is 3. The van der Waals surface area contributed by atoms with Gasteiger partial charge in [0.2, 0.25) is 11.8 Å². The van der Waals surface area contributed by atoms with Gasteiger partial charge < -0.3 is 15.1 Å². The van der Waals surface area contributed by atoms with Crippen molar-refractivity contribution in [2.45, 2.75) is 25.3 Å². The number of carbonyl (C=O) groups is 2. The molecule has 0 spiro atoms. The molecule has 8 nitrogen and oxygen atoms in total. The van der Waals surface area contributed by atoms with Crippen LogP contribution in [0.15, 0.2) is 60.9 Å². The van der Waals surface area contributed by atoms with Crippen molar-refractivity contribution in [1.82, 2.24) is 24.8 Å². The fraction of sp³-hybridized carbons (Fsp3) is 0.320. The van der Waals surface area contributed by atoms with E-state index in [2.05, 4.69) is 10.3 Å². The molecule has 2 aromatic heterocycles. The van der Waals surface area contributed by atoms with Crippen LogP contribution >= 0.6 is 0 Å². The maximum absolute atomic E-state index is 13.3. The minimum atomic E-state index is -0.298. The molecule has 0 saturated carbocycles.